The van der Waals surface area contributed by atoms with Crippen molar-refractivity contribution in [3.8, 4) is 23.3 Å². The van der Waals surface area contributed by atoms with Crippen molar-refractivity contribution >= 4 is 5.84 Å². The summed E-state index contributed by atoms with van der Waals surface area (Å²) in [6.45, 7) is 12.3. The zero-order valence-corrected chi connectivity index (χ0v) is 20.6. The van der Waals surface area contributed by atoms with Crippen LogP contribution in [0.25, 0.3) is 0 Å². The first-order valence-corrected chi connectivity index (χ1v) is 11.5. The van der Waals surface area contributed by atoms with Gasteiger partial charge in [-0.3, -0.25) is 5.41 Å². The summed E-state index contributed by atoms with van der Waals surface area (Å²) in [7, 11) is 1.67. The van der Waals surface area contributed by atoms with E-state index in [9.17, 15) is 0 Å². The number of rotatable bonds is 9. The number of nitrogens with one attached hydrogen (secondary N) is 1. The standard InChI is InChI=1S/C27H35N3O3/c1-7-32-21-10-11-22-20(14-21)17-30(26(22)29)18(2)19-15-23(27(3,4)5)25(31-6)24(16-19)33-13-9-8-12-28/h10-11,14-16,18,29H,7-9,13,17H2,1-6H3. The minimum Gasteiger partial charge on any atom is -0.494 e. The van der Waals surface area contributed by atoms with Crippen LogP contribution in [0.1, 0.15) is 75.8 Å². The van der Waals surface area contributed by atoms with E-state index < -0.39 is 0 Å². The number of ether oxygens (including phenoxy) is 3. The van der Waals surface area contributed by atoms with Crippen molar-refractivity contribution in [1.29, 1.82) is 10.7 Å². The van der Waals surface area contributed by atoms with Gasteiger partial charge in [0.2, 0.25) is 0 Å². The normalized spacial score (nSPS) is 14.0. The average Bonchev–Trinajstić information content (AvgIpc) is 3.11. The molecule has 0 aliphatic carbocycles. The third-order valence-electron chi connectivity index (χ3n) is 6.00. The molecule has 1 aliphatic heterocycles. The molecule has 176 valence electrons. The molecule has 0 radical (unpaired) electrons. The highest BCUT2D eigenvalue weighted by molar-refractivity contribution is 6.00. The Morgan fingerprint density at radius 3 is 2.58 bits per heavy atom. The molecule has 0 bridgehead atoms. The lowest BCUT2D eigenvalue weighted by atomic mass is 9.84. The van der Waals surface area contributed by atoms with Gasteiger partial charge in [0, 0.05) is 24.1 Å². The predicted octanol–water partition coefficient (Wildman–Crippen LogP) is 5.98. The van der Waals surface area contributed by atoms with Crippen LogP contribution < -0.4 is 14.2 Å². The maximum Gasteiger partial charge on any atom is 0.164 e. The Morgan fingerprint density at radius 1 is 1.18 bits per heavy atom. The summed E-state index contributed by atoms with van der Waals surface area (Å²) >= 11 is 0. The molecule has 6 heteroatoms. The number of benzene rings is 2. The molecule has 0 saturated carbocycles. The zero-order valence-electron chi connectivity index (χ0n) is 20.6. The maximum atomic E-state index is 8.84. The van der Waals surface area contributed by atoms with E-state index in [1.54, 1.807) is 7.11 Å². The second-order valence-electron chi connectivity index (χ2n) is 9.36. The summed E-state index contributed by atoms with van der Waals surface area (Å²) in [6, 6.07) is 12.3. The van der Waals surface area contributed by atoms with Crippen LogP contribution in [-0.4, -0.2) is 31.1 Å². The van der Waals surface area contributed by atoms with Crippen molar-refractivity contribution in [2.75, 3.05) is 20.3 Å². The molecule has 1 aliphatic rings. The average molecular weight is 450 g/mol. The number of unbranched alkanes of at least 4 members (excludes halogenated alkanes) is 1. The van der Waals surface area contributed by atoms with E-state index in [0.717, 1.165) is 33.8 Å². The van der Waals surface area contributed by atoms with Gasteiger partial charge in [-0.15, -0.1) is 0 Å². The van der Waals surface area contributed by atoms with Crippen LogP contribution in [0, 0.1) is 16.7 Å². The van der Waals surface area contributed by atoms with E-state index in [2.05, 4.69) is 44.7 Å². The highest BCUT2D eigenvalue weighted by atomic mass is 16.5. The molecule has 0 spiro atoms. The Bertz CT molecular complexity index is 1050. The largest absolute Gasteiger partial charge is 0.494 e. The molecule has 3 rings (SSSR count). The van der Waals surface area contributed by atoms with E-state index in [-0.39, 0.29) is 11.5 Å². The molecule has 6 nitrogen and oxygen atoms in total. The van der Waals surface area contributed by atoms with Crippen LogP contribution in [0.3, 0.4) is 0 Å². The fourth-order valence-corrected chi connectivity index (χ4v) is 4.19. The molecule has 0 saturated heterocycles. The van der Waals surface area contributed by atoms with Gasteiger partial charge in [0.15, 0.2) is 11.5 Å². The van der Waals surface area contributed by atoms with Crippen LogP contribution >= 0.6 is 0 Å². The van der Waals surface area contributed by atoms with Gasteiger partial charge in [-0.2, -0.15) is 5.26 Å². The summed E-state index contributed by atoms with van der Waals surface area (Å²) in [5.74, 6) is 2.78. The Morgan fingerprint density at radius 2 is 1.94 bits per heavy atom. The van der Waals surface area contributed by atoms with E-state index in [1.165, 1.54) is 0 Å². The highest BCUT2D eigenvalue weighted by Crippen LogP contribution is 2.43. The number of hydrogen-bond acceptors (Lipinski definition) is 5. The van der Waals surface area contributed by atoms with Gasteiger partial charge in [0.25, 0.3) is 0 Å². The van der Waals surface area contributed by atoms with Crippen molar-refractivity contribution in [3.05, 3.63) is 52.6 Å². The van der Waals surface area contributed by atoms with Crippen LogP contribution in [0.5, 0.6) is 17.2 Å². The minimum atomic E-state index is -0.153. The number of nitriles is 1. The molecule has 0 amide bonds. The van der Waals surface area contributed by atoms with Gasteiger partial charge in [-0.1, -0.05) is 20.8 Å². The molecule has 1 unspecified atom stereocenters. The maximum absolute atomic E-state index is 8.84. The van der Waals surface area contributed by atoms with E-state index in [1.807, 2.05) is 31.2 Å². The van der Waals surface area contributed by atoms with Gasteiger partial charge in [0.1, 0.15) is 11.6 Å². The lowest BCUT2D eigenvalue weighted by Gasteiger charge is -2.30. The molecular weight excluding hydrogens is 414 g/mol. The fourth-order valence-electron chi connectivity index (χ4n) is 4.19. The quantitative estimate of drug-likeness (QED) is 0.477. The predicted molar refractivity (Wildman–Crippen MR) is 130 cm³/mol. The zero-order chi connectivity index (χ0) is 24.2. The van der Waals surface area contributed by atoms with Crippen molar-refractivity contribution in [2.45, 2.75) is 65.5 Å². The SMILES string of the molecule is CCOc1ccc2c(c1)CN(C(C)c1cc(OCCCC#N)c(OC)c(C(C)(C)C)c1)C2=N. The topological polar surface area (TPSA) is 78.6 Å². The van der Waals surface area contributed by atoms with Gasteiger partial charge >= 0.3 is 0 Å². The summed E-state index contributed by atoms with van der Waals surface area (Å²) in [4.78, 5) is 2.11. The number of amidine groups is 1. The first-order chi connectivity index (χ1) is 15.7. The summed E-state index contributed by atoms with van der Waals surface area (Å²) < 4.78 is 17.5. The third kappa shape index (κ3) is 5.24. The van der Waals surface area contributed by atoms with Crippen LogP contribution in [0.2, 0.25) is 0 Å². The third-order valence-corrected chi connectivity index (χ3v) is 6.00. The number of methoxy groups -OCH3 is 1. The van der Waals surface area contributed by atoms with Crippen LogP contribution in [0.15, 0.2) is 30.3 Å². The Labute approximate surface area is 197 Å². The molecular formula is C27H35N3O3. The molecule has 1 N–H and O–H groups in total. The monoisotopic (exact) mass is 449 g/mol. The molecule has 0 aromatic heterocycles. The van der Waals surface area contributed by atoms with Crippen molar-refractivity contribution in [2.24, 2.45) is 0 Å². The molecule has 2 aromatic carbocycles. The summed E-state index contributed by atoms with van der Waals surface area (Å²) in [5.41, 5.74) is 4.03. The first kappa shape index (κ1) is 24.4. The lowest BCUT2D eigenvalue weighted by Crippen LogP contribution is -2.28. The molecule has 2 aromatic rings. The van der Waals surface area contributed by atoms with E-state index in [4.69, 9.17) is 24.9 Å². The number of hydrogen-bond donors (Lipinski definition) is 1. The second-order valence-corrected chi connectivity index (χ2v) is 9.36. The van der Waals surface area contributed by atoms with E-state index in [0.29, 0.717) is 44.2 Å². The van der Waals surface area contributed by atoms with Gasteiger partial charge in [-0.25, -0.2) is 0 Å². The molecule has 1 heterocycles. The lowest BCUT2D eigenvalue weighted by molar-refractivity contribution is 0.284. The smallest absolute Gasteiger partial charge is 0.164 e. The van der Waals surface area contributed by atoms with E-state index >= 15 is 0 Å². The molecule has 1 atom stereocenters. The number of nitrogens with zero attached hydrogens (tertiary/aromatic N) is 2. The highest BCUT2D eigenvalue weighted by Gasteiger charge is 2.31. The van der Waals surface area contributed by atoms with Gasteiger partial charge < -0.3 is 19.1 Å². The van der Waals surface area contributed by atoms with Crippen molar-refractivity contribution in [3.63, 3.8) is 0 Å². The van der Waals surface area contributed by atoms with Gasteiger partial charge in [-0.05, 0) is 67.1 Å². The first-order valence-electron chi connectivity index (χ1n) is 11.5. The van der Waals surface area contributed by atoms with Crippen molar-refractivity contribution in [1.82, 2.24) is 4.90 Å². The van der Waals surface area contributed by atoms with Gasteiger partial charge in [0.05, 0.1) is 32.4 Å². The van der Waals surface area contributed by atoms with Crippen LogP contribution in [-0.2, 0) is 12.0 Å². The molecule has 0 fully saturated rings. The Hall–Kier alpha value is -3.20. The summed E-state index contributed by atoms with van der Waals surface area (Å²) in [5, 5.41) is 17.6. The second kappa shape index (κ2) is 10.2. The fraction of sp³-hybridized carbons (Fsp3) is 0.481. The molecule has 33 heavy (non-hydrogen) atoms. The summed E-state index contributed by atoms with van der Waals surface area (Å²) in [6.07, 6.45) is 1.12. The number of fused-ring (bicyclic) bond motifs is 1. The minimum absolute atomic E-state index is 0.0334. The Balaban J connectivity index is 1.95. The van der Waals surface area contributed by atoms with Crippen molar-refractivity contribution < 1.29 is 14.2 Å². The van der Waals surface area contributed by atoms with Crippen LogP contribution in [0.4, 0.5) is 0 Å². The Kier molecular flexibility index (Phi) is 7.53.